The third kappa shape index (κ3) is 5.05. The van der Waals surface area contributed by atoms with Gasteiger partial charge in [-0.25, -0.2) is 0 Å². The SMILES string of the molecule is C=C(OC(C)C)c1ccc(-c2cn([C@@H](c3ccccc3)c3ccccn3)c3cc(-c4c(C)noc4C)cnc23)cc1. The summed E-state index contributed by atoms with van der Waals surface area (Å²) in [5.74, 6) is 1.43. The Hall–Kier alpha value is -4.97. The summed E-state index contributed by atoms with van der Waals surface area (Å²) >= 11 is 0. The van der Waals surface area contributed by atoms with Gasteiger partial charge in [-0.2, -0.15) is 0 Å². The summed E-state index contributed by atoms with van der Waals surface area (Å²) in [5.41, 5.74) is 9.79. The Bertz CT molecular complexity index is 1760. The second-order valence-electron chi connectivity index (χ2n) is 10.5. The largest absolute Gasteiger partial charge is 0.491 e. The Kier molecular flexibility index (Phi) is 6.98. The molecule has 0 unspecified atom stereocenters. The summed E-state index contributed by atoms with van der Waals surface area (Å²) in [4.78, 5) is 9.82. The second kappa shape index (κ2) is 10.9. The summed E-state index contributed by atoms with van der Waals surface area (Å²) in [6.07, 6.45) is 6.01. The minimum Gasteiger partial charge on any atom is -0.491 e. The molecule has 6 nitrogen and oxygen atoms in total. The van der Waals surface area contributed by atoms with E-state index in [1.54, 1.807) is 0 Å². The number of hydrogen-bond donors (Lipinski definition) is 0. The number of fused-ring (bicyclic) bond motifs is 1. The molecule has 0 bridgehead atoms. The molecule has 6 aromatic rings. The predicted octanol–water partition coefficient (Wildman–Crippen LogP) is 8.40. The third-order valence-corrected chi connectivity index (χ3v) is 7.25. The highest BCUT2D eigenvalue weighted by atomic mass is 16.5. The summed E-state index contributed by atoms with van der Waals surface area (Å²) in [6.45, 7) is 12.0. The highest BCUT2D eigenvalue weighted by molar-refractivity contribution is 5.95. The molecule has 204 valence electrons. The van der Waals surface area contributed by atoms with Gasteiger partial charge in [0.1, 0.15) is 17.6 Å². The fourth-order valence-electron chi connectivity index (χ4n) is 5.42. The lowest BCUT2D eigenvalue weighted by molar-refractivity contribution is 0.205. The van der Waals surface area contributed by atoms with E-state index in [-0.39, 0.29) is 12.1 Å². The molecule has 0 fully saturated rings. The van der Waals surface area contributed by atoms with Crippen molar-refractivity contribution in [3.63, 3.8) is 0 Å². The van der Waals surface area contributed by atoms with Gasteiger partial charge in [0, 0.05) is 40.8 Å². The van der Waals surface area contributed by atoms with Crippen LogP contribution in [0.2, 0.25) is 0 Å². The molecule has 0 aliphatic rings. The van der Waals surface area contributed by atoms with Gasteiger partial charge in [0.15, 0.2) is 0 Å². The molecule has 4 aromatic heterocycles. The van der Waals surface area contributed by atoms with E-state index in [1.165, 1.54) is 0 Å². The number of ether oxygens (including phenoxy) is 1. The number of aromatic nitrogens is 4. The lowest BCUT2D eigenvalue weighted by atomic mass is 10.0. The van der Waals surface area contributed by atoms with E-state index in [2.05, 4.69) is 83.2 Å². The average Bonchev–Trinajstić information content (AvgIpc) is 3.52. The van der Waals surface area contributed by atoms with Crippen LogP contribution >= 0.6 is 0 Å². The van der Waals surface area contributed by atoms with E-state index < -0.39 is 0 Å². The van der Waals surface area contributed by atoms with Crippen LogP contribution in [0.15, 0.2) is 109 Å². The zero-order valence-corrected chi connectivity index (χ0v) is 23.7. The maximum absolute atomic E-state index is 5.82. The fraction of sp³-hybridized carbons (Fsp3) is 0.171. The van der Waals surface area contributed by atoms with E-state index in [0.717, 1.165) is 61.6 Å². The van der Waals surface area contributed by atoms with Crippen molar-refractivity contribution in [1.29, 1.82) is 0 Å². The van der Waals surface area contributed by atoms with Gasteiger partial charge in [0.2, 0.25) is 0 Å². The van der Waals surface area contributed by atoms with Crippen LogP contribution in [-0.4, -0.2) is 25.8 Å². The van der Waals surface area contributed by atoms with Crippen molar-refractivity contribution in [3.8, 4) is 22.3 Å². The van der Waals surface area contributed by atoms with Crippen LogP contribution in [0.1, 0.15) is 48.2 Å². The summed E-state index contributed by atoms with van der Waals surface area (Å²) in [6, 6.07) is 26.8. The van der Waals surface area contributed by atoms with Crippen molar-refractivity contribution < 1.29 is 9.26 Å². The lowest BCUT2D eigenvalue weighted by Gasteiger charge is -2.20. The van der Waals surface area contributed by atoms with Crippen molar-refractivity contribution in [2.45, 2.75) is 39.8 Å². The molecule has 0 spiro atoms. The molecule has 0 amide bonds. The molecule has 0 radical (unpaired) electrons. The van der Waals surface area contributed by atoms with Crippen molar-refractivity contribution in [2.24, 2.45) is 0 Å². The number of nitrogens with zero attached hydrogens (tertiary/aromatic N) is 4. The van der Waals surface area contributed by atoms with Gasteiger partial charge >= 0.3 is 0 Å². The average molecular weight is 541 g/mol. The summed E-state index contributed by atoms with van der Waals surface area (Å²) in [5, 5.41) is 4.18. The van der Waals surface area contributed by atoms with Crippen molar-refractivity contribution in [2.75, 3.05) is 0 Å². The Morgan fingerprint density at radius 2 is 1.66 bits per heavy atom. The number of rotatable bonds is 8. The minimum absolute atomic E-state index is 0.0674. The molecular formula is C35H32N4O2. The lowest BCUT2D eigenvalue weighted by Crippen LogP contribution is -2.13. The topological polar surface area (TPSA) is 66.0 Å². The van der Waals surface area contributed by atoms with Gasteiger partial charge in [-0.15, -0.1) is 0 Å². The summed E-state index contributed by atoms with van der Waals surface area (Å²) < 4.78 is 13.6. The smallest absolute Gasteiger partial charge is 0.141 e. The number of aryl methyl sites for hydroxylation is 2. The molecule has 0 aliphatic heterocycles. The van der Waals surface area contributed by atoms with E-state index in [4.69, 9.17) is 19.2 Å². The predicted molar refractivity (Wildman–Crippen MR) is 163 cm³/mol. The molecule has 6 rings (SSSR count). The van der Waals surface area contributed by atoms with Gasteiger partial charge in [0.25, 0.3) is 0 Å². The van der Waals surface area contributed by atoms with E-state index in [1.807, 2.05) is 58.3 Å². The molecule has 0 saturated heterocycles. The Morgan fingerprint density at radius 3 is 2.32 bits per heavy atom. The maximum atomic E-state index is 5.82. The molecule has 4 heterocycles. The quantitative estimate of drug-likeness (QED) is 0.181. The van der Waals surface area contributed by atoms with E-state index in [9.17, 15) is 0 Å². The Balaban J connectivity index is 1.57. The number of pyridine rings is 2. The van der Waals surface area contributed by atoms with Crippen LogP contribution in [0, 0.1) is 13.8 Å². The first-order valence-corrected chi connectivity index (χ1v) is 13.8. The first kappa shape index (κ1) is 26.3. The first-order valence-electron chi connectivity index (χ1n) is 13.8. The van der Waals surface area contributed by atoms with Crippen LogP contribution in [0.4, 0.5) is 0 Å². The van der Waals surface area contributed by atoms with Gasteiger partial charge < -0.3 is 13.8 Å². The first-order chi connectivity index (χ1) is 19.9. The zero-order chi connectivity index (χ0) is 28.5. The molecular weight excluding hydrogens is 508 g/mol. The van der Waals surface area contributed by atoms with Crippen LogP contribution in [-0.2, 0) is 4.74 Å². The molecule has 6 heteroatoms. The number of benzene rings is 2. The standard InChI is InChI=1S/C35H32N4O2/c1-22(2)40-24(4)26-14-16-27(17-15-26)30-21-39(35(28-11-7-6-8-12-28)31-13-9-10-18-36-31)32-19-29(20-37-34(30)32)33-23(3)38-41-25(33)5/h6-22,35H,4H2,1-3,5H3/t35-/m0/s1. The van der Waals surface area contributed by atoms with Crippen LogP contribution in [0.3, 0.4) is 0 Å². The number of hydrogen-bond acceptors (Lipinski definition) is 5. The molecule has 1 atom stereocenters. The Labute approximate surface area is 240 Å². The van der Waals surface area contributed by atoms with Gasteiger partial charge in [0.05, 0.1) is 28.5 Å². The highest BCUT2D eigenvalue weighted by Crippen LogP contribution is 2.38. The van der Waals surface area contributed by atoms with Crippen molar-refractivity contribution in [3.05, 3.63) is 132 Å². The van der Waals surface area contributed by atoms with Crippen LogP contribution < -0.4 is 0 Å². The van der Waals surface area contributed by atoms with Gasteiger partial charge in [-0.1, -0.05) is 72.4 Å². The molecule has 2 aromatic carbocycles. The third-order valence-electron chi connectivity index (χ3n) is 7.25. The molecule has 41 heavy (non-hydrogen) atoms. The molecule has 0 aliphatic carbocycles. The fourth-order valence-corrected chi connectivity index (χ4v) is 5.42. The Morgan fingerprint density at radius 1 is 0.902 bits per heavy atom. The zero-order valence-electron chi connectivity index (χ0n) is 23.7. The maximum Gasteiger partial charge on any atom is 0.141 e. The van der Waals surface area contributed by atoms with Crippen molar-refractivity contribution in [1.82, 2.24) is 19.7 Å². The van der Waals surface area contributed by atoms with E-state index >= 15 is 0 Å². The summed E-state index contributed by atoms with van der Waals surface area (Å²) in [7, 11) is 0. The van der Waals surface area contributed by atoms with Crippen molar-refractivity contribution >= 4 is 16.8 Å². The monoisotopic (exact) mass is 540 g/mol. The van der Waals surface area contributed by atoms with Crippen LogP contribution in [0.25, 0.3) is 39.0 Å². The normalized spacial score (nSPS) is 12.1. The molecule has 0 N–H and O–H groups in total. The molecule has 0 saturated carbocycles. The van der Waals surface area contributed by atoms with E-state index in [0.29, 0.717) is 5.76 Å². The second-order valence-corrected chi connectivity index (χ2v) is 10.5. The van der Waals surface area contributed by atoms with Crippen LogP contribution in [0.5, 0.6) is 0 Å². The van der Waals surface area contributed by atoms with Gasteiger partial charge in [-0.05, 0) is 57.0 Å². The minimum atomic E-state index is -0.158. The van der Waals surface area contributed by atoms with Gasteiger partial charge in [-0.3, -0.25) is 9.97 Å². The highest BCUT2D eigenvalue weighted by Gasteiger charge is 2.24.